The minimum Gasteiger partial charge on any atom is -0.490 e. The Hall–Kier alpha value is -3.29. The minimum atomic E-state index is -0.471. The van der Waals surface area contributed by atoms with Crippen LogP contribution in [0.25, 0.3) is 6.08 Å². The molecule has 0 unspecified atom stereocenters. The maximum Gasteiger partial charge on any atom is 0.282 e. The van der Waals surface area contributed by atoms with Crippen LogP contribution in [0, 0.1) is 0 Å². The number of rotatable bonds is 7. The number of hydrogen-bond acceptors (Lipinski definition) is 4. The van der Waals surface area contributed by atoms with Gasteiger partial charge in [0.25, 0.3) is 11.8 Å². The average molecular weight is 528 g/mol. The van der Waals surface area contributed by atoms with E-state index in [1.54, 1.807) is 48.5 Å². The number of carbonyl (C=O) groups is 2. The van der Waals surface area contributed by atoms with Crippen LogP contribution in [0.5, 0.6) is 11.5 Å². The van der Waals surface area contributed by atoms with Gasteiger partial charge in [0.05, 0.1) is 16.8 Å². The van der Waals surface area contributed by atoms with E-state index in [0.717, 1.165) is 5.56 Å². The summed E-state index contributed by atoms with van der Waals surface area (Å²) in [6, 6.07) is 19.8. The summed E-state index contributed by atoms with van der Waals surface area (Å²) in [6.45, 7) is 2.61. The highest BCUT2D eigenvalue weighted by Gasteiger charge is 2.34. The molecule has 0 aromatic heterocycles. The number of hydrogen-bond donors (Lipinski definition) is 1. The van der Waals surface area contributed by atoms with Crippen molar-refractivity contribution in [1.29, 1.82) is 0 Å². The molecule has 0 saturated carbocycles. The number of benzene rings is 3. The summed E-state index contributed by atoms with van der Waals surface area (Å²) in [5.74, 6) is 0.130. The SMILES string of the molecule is CCOc1cc(C=C2C(=O)NN(c3ccccc3)C2=O)cc(Br)c1OCc1ccc(Cl)cc1. The highest BCUT2D eigenvalue weighted by atomic mass is 79.9. The van der Waals surface area contributed by atoms with Crippen LogP contribution >= 0.6 is 27.5 Å². The van der Waals surface area contributed by atoms with Gasteiger partial charge in [-0.2, -0.15) is 0 Å². The predicted octanol–water partition coefficient (Wildman–Crippen LogP) is 5.54. The molecule has 4 rings (SSSR count). The number of ether oxygens (including phenoxy) is 2. The number of nitrogens with one attached hydrogen (secondary N) is 1. The fraction of sp³-hybridized carbons (Fsp3) is 0.120. The number of anilines is 1. The van der Waals surface area contributed by atoms with Gasteiger partial charge in [0.15, 0.2) is 11.5 Å². The standard InChI is InChI=1S/C25H20BrClN2O4/c1-2-32-22-14-17(13-21(26)23(22)33-15-16-8-10-18(27)11-9-16)12-20-24(30)28-29(25(20)31)19-6-4-3-5-7-19/h3-14H,2,15H2,1H3,(H,28,30). The first-order valence-electron chi connectivity index (χ1n) is 10.2. The summed E-state index contributed by atoms with van der Waals surface area (Å²) in [4.78, 5) is 25.4. The number of nitrogens with zero attached hydrogens (tertiary/aromatic N) is 1. The summed E-state index contributed by atoms with van der Waals surface area (Å²) in [7, 11) is 0. The van der Waals surface area contributed by atoms with E-state index in [0.29, 0.717) is 45.5 Å². The second kappa shape index (κ2) is 10.1. The highest BCUT2D eigenvalue weighted by Crippen LogP contribution is 2.38. The lowest BCUT2D eigenvalue weighted by Crippen LogP contribution is -2.35. The van der Waals surface area contributed by atoms with Crippen LogP contribution < -0.4 is 19.9 Å². The summed E-state index contributed by atoms with van der Waals surface area (Å²) >= 11 is 9.47. The molecule has 168 valence electrons. The van der Waals surface area contributed by atoms with Gasteiger partial charge in [0.1, 0.15) is 12.2 Å². The number of carbonyl (C=O) groups excluding carboxylic acids is 2. The third-order valence-electron chi connectivity index (χ3n) is 4.84. The quantitative estimate of drug-likeness (QED) is 0.324. The Bertz CT molecular complexity index is 1210. The summed E-state index contributed by atoms with van der Waals surface area (Å²) in [5, 5.41) is 1.89. The van der Waals surface area contributed by atoms with Gasteiger partial charge >= 0.3 is 0 Å². The third-order valence-corrected chi connectivity index (χ3v) is 5.69. The average Bonchev–Trinajstić information content (AvgIpc) is 3.09. The van der Waals surface area contributed by atoms with Crippen molar-refractivity contribution in [2.45, 2.75) is 13.5 Å². The van der Waals surface area contributed by atoms with Crippen LogP contribution in [0.4, 0.5) is 5.69 Å². The molecular formula is C25H20BrClN2O4. The van der Waals surface area contributed by atoms with Crippen LogP contribution in [-0.2, 0) is 16.2 Å². The monoisotopic (exact) mass is 526 g/mol. The zero-order chi connectivity index (χ0) is 23.4. The van der Waals surface area contributed by atoms with E-state index in [1.807, 2.05) is 25.1 Å². The van der Waals surface area contributed by atoms with Gasteiger partial charge in [-0.05, 0) is 76.5 Å². The molecule has 6 nitrogen and oxygen atoms in total. The molecule has 1 saturated heterocycles. The Morgan fingerprint density at radius 1 is 1.03 bits per heavy atom. The number of halogens is 2. The van der Waals surface area contributed by atoms with Crippen molar-refractivity contribution in [3.05, 3.63) is 92.9 Å². The lowest BCUT2D eigenvalue weighted by atomic mass is 10.1. The Kier molecular flexibility index (Phi) is 7.01. The van der Waals surface area contributed by atoms with Gasteiger partial charge in [0, 0.05) is 5.02 Å². The van der Waals surface area contributed by atoms with Crippen LogP contribution in [-0.4, -0.2) is 18.4 Å². The smallest absolute Gasteiger partial charge is 0.282 e. The molecule has 3 aromatic carbocycles. The van der Waals surface area contributed by atoms with E-state index in [9.17, 15) is 9.59 Å². The molecular weight excluding hydrogens is 508 g/mol. The van der Waals surface area contributed by atoms with Gasteiger partial charge in [-0.25, -0.2) is 5.01 Å². The topological polar surface area (TPSA) is 67.9 Å². The molecule has 0 atom stereocenters. The Balaban J connectivity index is 1.60. The van der Waals surface area contributed by atoms with E-state index >= 15 is 0 Å². The fourth-order valence-corrected chi connectivity index (χ4v) is 3.99. The first kappa shape index (κ1) is 22.9. The molecule has 8 heteroatoms. The first-order chi connectivity index (χ1) is 16.0. The number of para-hydroxylation sites is 1. The molecule has 3 aromatic rings. The predicted molar refractivity (Wildman–Crippen MR) is 131 cm³/mol. The molecule has 0 bridgehead atoms. The summed E-state index contributed by atoms with van der Waals surface area (Å²) < 4.78 is 12.4. The van der Waals surface area contributed by atoms with Gasteiger partial charge in [-0.3, -0.25) is 15.0 Å². The molecule has 0 aliphatic carbocycles. The second-order valence-corrected chi connectivity index (χ2v) is 8.44. The summed E-state index contributed by atoms with van der Waals surface area (Å²) in [5.41, 5.74) is 4.79. The van der Waals surface area contributed by atoms with Gasteiger partial charge in [0.2, 0.25) is 0 Å². The number of amides is 2. The molecule has 1 fully saturated rings. The highest BCUT2D eigenvalue weighted by molar-refractivity contribution is 9.10. The third kappa shape index (κ3) is 5.21. The van der Waals surface area contributed by atoms with Crippen molar-refractivity contribution in [1.82, 2.24) is 5.43 Å². The molecule has 1 aliphatic rings. The van der Waals surface area contributed by atoms with Crippen LogP contribution in [0.3, 0.4) is 0 Å². The van der Waals surface area contributed by atoms with Crippen molar-refractivity contribution in [2.24, 2.45) is 0 Å². The van der Waals surface area contributed by atoms with Crippen molar-refractivity contribution in [3.63, 3.8) is 0 Å². The molecule has 1 heterocycles. The van der Waals surface area contributed by atoms with Crippen LogP contribution in [0.2, 0.25) is 5.02 Å². The molecule has 33 heavy (non-hydrogen) atoms. The van der Waals surface area contributed by atoms with Crippen molar-refractivity contribution < 1.29 is 19.1 Å². The molecule has 1 N–H and O–H groups in total. The second-order valence-electron chi connectivity index (χ2n) is 7.15. The summed E-state index contributed by atoms with van der Waals surface area (Å²) in [6.07, 6.45) is 1.54. The molecule has 1 aliphatic heterocycles. The van der Waals surface area contributed by atoms with Crippen LogP contribution in [0.15, 0.2) is 76.8 Å². The minimum absolute atomic E-state index is 0.0306. The maximum atomic E-state index is 12.9. The normalized spacial score (nSPS) is 14.5. The van der Waals surface area contributed by atoms with E-state index in [-0.39, 0.29) is 5.57 Å². The molecule has 2 amide bonds. The van der Waals surface area contributed by atoms with E-state index in [2.05, 4.69) is 21.4 Å². The van der Waals surface area contributed by atoms with Crippen molar-refractivity contribution in [3.8, 4) is 11.5 Å². The van der Waals surface area contributed by atoms with Crippen LogP contribution in [0.1, 0.15) is 18.1 Å². The van der Waals surface area contributed by atoms with Crippen molar-refractivity contribution in [2.75, 3.05) is 11.6 Å². The fourth-order valence-electron chi connectivity index (χ4n) is 3.29. The Labute approximate surface area is 204 Å². The van der Waals surface area contributed by atoms with Gasteiger partial charge in [-0.15, -0.1) is 0 Å². The Morgan fingerprint density at radius 2 is 1.76 bits per heavy atom. The zero-order valence-corrected chi connectivity index (χ0v) is 20.0. The van der Waals surface area contributed by atoms with Gasteiger partial charge in [-0.1, -0.05) is 41.9 Å². The molecule has 0 spiro atoms. The van der Waals surface area contributed by atoms with Crippen molar-refractivity contribution >= 4 is 51.1 Å². The van der Waals surface area contributed by atoms with E-state index < -0.39 is 11.8 Å². The molecule has 0 radical (unpaired) electrons. The number of hydrazine groups is 1. The Morgan fingerprint density at radius 3 is 2.45 bits per heavy atom. The van der Waals surface area contributed by atoms with Gasteiger partial charge < -0.3 is 9.47 Å². The lowest BCUT2D eigenvalue weighted by molar-refractivity contribution is -0.117. The van der Waals surface area contributed by atoms with E-state index in [4.69, 9.17) is 21.1 Å². The largest absolute Gasteiger partial charge is 0.490 e. The van der Waals surface area contributed by atoms with E-state index in [1.165, 1.54) is 11.1 Å². The zero-order valence-electron chi connectivity index (χ0n) is 17.7. The first-order valence-corrected chi connectivity index (χ1v) is 11.4. The maximum absolute atomic E-state index is 12.9. The lowest BCUT2D eigenvalue weighted by Gasteiger charge is -2.15.